The van der Waals surface area contributed by atoms with Crippen LogP contribution in [0.15, 0.2) is 18.2 Å². The first-order valence-electron chi connectivity index (χ1n) is 5.72. The van der Waals surface area contributed by atoms with Gasteiger partial charge >= 0.3 is 0 Å². The molecule has 0 radical (unpaired) electrons. The van der Waals surface area contributed by atoms with Crippen molar-refractivity contribution in [2.24, 2.45) is 0 Å². The SMILES string of the molecule is CC(F)c1c(Cl)cccc1C1(C)CCCN1. The Morgan fingerprint density at radius 3 is 2.81 bits per heavy atom. The molecule has 1 aliphatic rings. The van der Waals surface area contributed by atoms with Gasteiger partial charge in [0.05, 0.1) is 0 Å². The second kappa shape index (κ2) is 4.34. The number of hydrogen-bond donors (Lipinski definition) is 1. The van der Waals surface area contributed by atoms with E-state index in [1.807, 2.05) is 12.1 Å². The van der Waals surface area contributed by atoms with Gasteiger partial charge < -0.3 is 5.32 Å². The van der Waals surface area contributed by atoms with E-state index in [1.54, 1.807) is 13.0 Å². The first-order valence-corrected chi connectivity index (χ1v) is 6.10. The van der Waals surface area contributed by atoms with Gasteiger partial charge in [-0.3, -0.25) is 0 Å². The van der Waals surface area contributed by atoms with E-state index in [1.165, 1.54) is 0 Å². The van der Waals surface area contributed by atoms with Gasteiger partial charge in [-0.2, -0.15) is 0 Å². The topological polar surface area (TPSA) is 12.0 Å². The molecule has 1 aromatic carbocycles. The molecule has 2 unspecified atom stereocenters. The quantitative estimate of drug-likeness (QED) is 0.826. The highest BCUT2D eigenvalue weighted by Gasteiger charge is 2.33. The number of hydrogen-bond acceptors (Lipinski definition) is 1. The predicted molar refractivity (Wildman–Crippen MR) is 65.6 cm³/mol. The van der Waals surface area contributed by atoms with Gasteiger partial charge in [-0.15, -0.1) is 0 Å². The van der Waals surface area contributed by atoms with Crippen molar-refractivity contribution in [3.8, 4) is 0 Å². The highest BCUT2D eigenvalue weighted by Crippen LogP contribution is 2.38. The zero-order valence-electron chi connectivity index (χ0n) is 9.69. The van der Waals surface area contributed by atoms with Crippen LogP contribution in [0.5, 0.6) is 0 Å². The summed E-state index contributed by atoms with van der Waals surface area (Å²) in [6.45, 7) is 4.66. The first kappa shape index (κ1) is 11.9. The number of nitrogens with one attached hydrogen (secondary N) is 1. The largest absolute Gasteiger partial charge is 0.308 e. The van der Waals surface area contributed by atoms with Gasteiger partial charge in [0.25, 0.3) is 0 Å². The van der Waals surface area contributed by atoms with Crippen LogP contribution in [-0.4, -0.2) is 6.54 Å². The second-order valence-corrected chi connectivity index (χ2v) is 5.09. The molecule has 2 rings (SSSR count). The van der Waals surface area contributed by atoms with Crippen molar-refractivity contribution in [1.29, 1.82) is 0 Å². The average molecular weight is 242 g/mol. The fourth-order valence-corrected chi connectivity index (χ4v) is 2.87. The molecular weight excluding hydrogens is 225 g/mol. The summed E-state index contributed by atoms with van der Waals surface area (Å²) in [6, 6.07) is 5.64. The highest BCUT2D eigenvalue weighted by atomic mass is 35.5. The molecule has 2 atom stereocenters. The second-order valence-electron chi connectivity index (χ2n) is 4.68. The summed E-state index contributed by atoms with van der Waals surface area (Å²) in [5, 5.41) is 3.98. The van der Waals surface area contributed by atoms with E-state index in [9.17, 15) is 4.39 Å². The summed E-state index contributed by atoms with van der Waals surface area (Å²) in [5.74, 6) is 0. The minimum atomic E-state index is -1.03. The number of benzene rings is 1. The standard InChI is InChI=1S/C13H17ClFN/c1-9(15)12-10(5-3-6-11(12)14)13(2)7-4-8-16-13/h3,5-6,9,16H,4,7-8H2,1-2H3. The van der Waals surface area contributed by atoms with Crippen molar-refractivity contribution in [3.05, 3.63) is 34.3 Å². The summed E-state index contributed by atoms with van der Waals surface area (Å²) >= 11 is 6.10. The van der Waals surface area contributed by atoms with Crippen LogP contribution in [0.25, 0.3) is 0 Å². The highest BCUT2D eigenvalue weighted by molar-refractivity contribution is 6.31. The number of alkyl halides is 1. The van der Waals surface area contributed by atoms with Crippen LogP contribution in [-0.2, 0) is 5.54 Å². The van der Waals surface area contributed by atoms with Gasteiger partial charge in [0.1, 0.15) is 6.17 Å². The van der Waals surface area contributed by atoms with Crippen molar-refractivity contribution in [2.75, 3.05) is 6.54 Å². The lowest BCUT2D eigenvalue weighted by Gasteiger charge is -2.28. The van der Waals surface area contributed by atoms with E-state index in [-0.39, 0.29) is 5.54 Å². The van der Waals surface area contributed by atoms with Crippen LogP contribution in [0.4, 0.5) is 4.39 Å². The zero-order chi connectivity index (χ0) is 11.8. The molecule has 1 saturated heterocycles. The van der Waals surface area contributed by atoms with Crippen molar-refractivity contribution in [3.63, 3.8) is 0 Å². The Bertz CT molecular complexity index is 384. The van der Waals surface area contributed by atoms with E-state index in [2.05, 4.69) is 12.2 Å². The van der Waals surface area contributed by atoms with Gasteiger partial charge in [-0.05, 0) is 44.9 Å². The van der Waals surface area contributed by atoms with Crippen molar-refractivity contribution < 1.29 is 4.39 Å². The van der Waals surface area contributed by atoms with Crippen molar-refractivity contribution >= 4 is 11.6 Å². The molecule has 0 amide bonds. The van der Waals surface area contributed by atoms with Crippen LogP contribution >= 0.6 is 11.6 Å². The van der Waals surface area contributed by atoms with Crippen LogP contribution in [0, 0.1) is 0 Å². The zero-order valence-corrected chi connectivity index (χ0v) is 10.4. The van der Waals surface area contributed by atoms with Gasteiger partial charge in [0, 0.05) is 16.1 Å². The Hall–Kier alpha value is -0.600. The fraction of sp³-hybridized carbons (Fsp3) is 0.538. The lowest BCUT2D eigenvalue weighted by atomic mass is 9.85. The van der Waals surface area contributed by atoms with Crippen LogP contribution in [0.1, 0.15) is 44.0 Å². The van der Waals surface area contributed by atoms with E-state index in [0.717, 1.165) is 24.9 Å². The van der Waals surface area contributed by atoms with Crippen LogP contribution in [0.2, 0.25) is 5.02 Å². The van der Waals surface area contributed by atoms with E-state index in [4.69, 9.17) is 11.6 Å². The van der Waals surface area contributed by atoms with Gasteiger partial charge in [-0.1, -0.05) is 23.7 Å². The average Bonchev–Trinajstić information content (AvgIpc) is 2.65. The third-order valence-electron chi connectivity index (χ3n) is 3.41. The maximum atomic E-state index is 13.7. The monoisotopic (exact) mass is 241 g/mol. The van der Waals surface area contributed by atoms with Crippen molar-refractivity contribution in [2.45, 2.75) is 38.4 Å². The lowest BCUT2D eigenvalue weighted by Crippen LogP contribution is -2.34. The van der Waals surface area contributed by atoms with E-state index in [0.29, 0.717) is 10.6 Å². The molecule has 0 aliphatic carbocycles. The summed E-state index contributed by atoms with van der Waals surface area (Å²) in [5.41, 5.74) is 1.52. The Kier molecular flexibility index (Phi) is 3.22. The number of halogens is 2. The van der Waals surface area contributed by atoms with Gasteiger partial charge in [-0.25, -0.2) is 4.39 Å². The minimum absolute atomic E-state index is 0.124. The van der Waals surface area contributed by atoms with E-state index >= 15 is 0 Å². The smallest absolute Gasteiger partial charge is 0.124 e. The summed E-state index contributed by atoms with van der Waals surface area (Å²) in [4.78, 5) is 0. The number of rotatable bonds is 2. The first-order chi connectivity index (χ1) is 7.54. The molecular formula is C13H17ClFN. The molecule has 0 bridgehead atoms. The van der Waals surface area contributed by atoms with Gasteiger partial charge in [0.2, 0.25) is 0 Å². The molecule has 0 spiro atoms. The van der Waals surface area contributed by atoms with Crippen LogP contribution in [0.3, 0.4) is 0 Å². The minimum Gasteiger partial charge on any atom is -0.308 e. The summed E-state index contributed by atoms with van der Waals surface area (Å²) < 4.78 is 13.7. The van der Waals surface area contributed by atoms with E-state index < -0.39 is 6.17 Å². The molecule has 0 saturated carbocycles. The third kappa shape index (κ3) is 1.96. The predicted octanol–water partition coefficient (Wildman–Crippen LogP) is 3.97. The lowest BCUT2D eigenvalue weighted by molar-refractivity contribution is 0.355. The molecule has 1 N–H and O–H groups in total. The molecule has 1 aromatic rings. The summed E-state index contributed by atoms with van der Waals surface area (Å²) in [6.07, 6.45) is 1.14. The van der Waals surface area contributed by atoms with Gasteiger partial charge in [0.15, 0.2) is 0 Å². The normalized spacial score (nSPS) is 27.0. The maximum absolute atomic E-state index is 13.7. The molecule has 88 valence electrons. The fourth-order valence-electron chi connectivity index (χ4n) is 2.55. The Morgan fingerprint density at radius 1 is 1.50 bits per heavy atom. The Labute approximate surface area is 101 Å². The Balaban J connectivity index is 2.51. The Morgan fingerprint density at radius 2 is 2.25 bits per heavy atom. The molecule has 16 heavy (non-hydrogen) atoms. The van der Waals surface area contributed by atoms with Crippen molar-refractivity contribution in [1.82, 2.24) is 5.32 Å². The molecule has 1 heterocycles. The van der Waals surface area contributed by atoms with Crippen LogP contribution < -0.4 is 5.32 Å². The summed E-state index contributed by atoms with van der Waals surface area (Å²) in [7, 11) is 0. The molecule has 0 aromatic heterocycles. The molecule has 3 heteroatoms. The molecule has 1 fully saturated rings. The molecule has 1 aliphatic heterocycles. The third-order valence-corrected chi connectivity index (χ3v) is 3.74. The maximum Gasteiger partial charge on any atom is 0.124 e. The molecule has 1 nitrogen and oxygen atoms in total.